The number of carbonyl (C=O) groups excluding carboxylic acids is 1. The molecule has 1 fully saturated rings. The highest BCUT2D eigenvalue weighted by atomic mass is 16.6. The summed E-state index contributed by atoms with van der Waals surface area (Å²) in [6, 6.07) is 0. The summed E-state index contributed by atoms with van der Waals surface area (Å²) in [5.41, 5.74) is 0. The minimum absolute atomic E-state index is 0.546. The first-order chi connectivity index (χ1) is 6.61. The number of ether oxygens (including phenoxy) is 1. The number of aliphatic hydroxyl groups excluding tert-OH is 4. The van der Waals surface area contributed by atoms with Crippen molar-refractivity contribution in [1.29, 1.82) is 0 Å². The molecule has 5 atom stereocenters. The molecular formula is C7H11NO6. The van der Waals surface area contributed by atoms with Gasteiger partial charge >= 0.3 is 0 Å². The van der Waals surface area contributed by atoms with E-state index < -0.39 is 37.3 Å². The van der Waals surface area contributed by atoms with Crippen LogP contribution in [0.3, 0.4) is 0 Å². The van der Waals surface area contributed by atoms with Crippen LogP contribution < -0.4 is 0 Å². The zero-order chi connectivity index (χ0) is 10.7. The second-order valence-electron chi connectivity index (χ2n) is 2.94. The molecule has 14 heavy (non-hydrogen) atoms. The van der Waals surface area contributed by atoms with Gasteiger partial charge in [0.1, 0.15) is 24.4 Å². The van der Waals surface area contributed by atoms with Gasteiger partial charge in [-0.2, -0.15) is 4.99 Å². The van der Waals surface area contributed by atoms with E-state index in [0.29, 0.717) is 0 Å². The largest absolute Gasteiger partial charge is 0.394 e. The van der Waals surface area contributed by atoms with Gasteiger partial charge < -0.3 is 25.2 Å². The van der Waals surface area contributed by atoms with Crippen LogP contribution in [0.1, 0.15) is 0 Å². The van der Waals surface area contributed by atoms with Gasteiger partial charge in [-0.1, -0.05) is 0 Å². The fourth-order valence-electron chi connectivity index (χ4n) is 1.24. The van der Waals surface area contributed by atoms with Crippen LogP contribution in [-0.4, -0.2) is 63.8 Å². The highest BCUT2D eigenvalue weighted by Gasteiger charge is 2.43. The minimum atomic E-state index is -1.51. The van der Waals surface area contributed by atoms with Crippen molar-refractivity contribution in [1.82, 2.24) is 0 Å². The molecule has 7 nitrogen and oxygen atoms in total. The maximum Gasteiger partial charge on any atom is 0.237 e. The molecule has 0 bridgehead atoms. The van der Waals surface area contributed by atoms with Crippen molar-refractivity contribution in [2.45, 2.75) is 30.6 Å². The Hall–Kier alpha value is -0.820. The van der Waals surface area contributed by atoms with Crippen LogP contribution in [0.4, 0.5) is 0 Å². The first-order valence-electron chi connectivity index (χ1n) is 3.99. The number of aliphatic hydroxyl groups is 4. The maximum absolute atomic E-state index is 9.91. The predicted molar refractivity (Wildman–Crippen MR) is 41.9 cm³/mol. The van der Waals surface area contributed by atoms with Crippen molar-refractivity contribution in [2.24, 2.45) is 4.99 Å². The highest BCUT2D eigenvalue weighted by molar-refractivity contribution is 5.33. The molecule has 0 saturated carbocycles. The molecule has 1 heterocycles. The van der Waals surface area contributed by atoms with E-state index in [0.717, 1.165) is 6.08 Å². The topological polar surface area (TPSA) is 120 Å². The number of isocyanates is 1. The normalized spacial score (nSPS) is 43.0. The minimum Gasteiger partial charge on any atom is -0.394 e. The van der Waals surface area contributed by atoms with Crippen LogP contribution >= 0.6 is 0 Å². The predicted octanol–water partition coefficient (Wildman–Crippen LogP) is -2.88. The highest BCUT2D eigenvalue weighted by Crippen LogP contribution is 2.21. The molecule has 0 spiro atoms. The molecule has 1 aliphatic heterocycles. The van der Waals surface area contributed by atoms with Gasteiger partial charge in [-0.05, 0) is 0 Å². The van der Waals surface area contributed by atoms with Crippen LogP contribution in [-0.2, 0) is 9.53 Å². The third-order valence-electron chi connectivity index (χ3n) is 2.05. The standard InChI is InChI=1S/C7H11NO6/c9-1-3-4(11)5(12)6(13)7(14-3)8-2-10/h3-7,9,11-13H,1H2/t3-,4-,5+,6-,7-/m1/s1. The van der Waals surface area contributed by atoms with E-state index in [1.807, 2.05) is 0 Å². The van der Waals surface area contributed by atoms with Crippen molar-refractivity contribution in [2.75, 3.05) is 6.61 Å². The molecule has 1 saturated heterocycles. The molecule has 80 valence electrons. The Morgan fingerprint density at radius 1 is 1.21 bits per heavy atom. The lowest BCUT2D eigenvalue weighted by atomic mass is 9.99. The Morgan fingerprint density at radius 3 is 2.36 bits per heavy atom. The van der Waals surface area contributed by atoms with Crippen molar-refractivity contribution >= 4 is 6.08 Å². The van der Waals surface area contributed by atoms with E-state index in [9.17, 15) is 20.1 Å². The quantitative estimate of drug-likeness (QED) is 0.284. The monoisotopic (exact) mass is 205 g/mol. The summed E-state index contributed by atoms with van der Waals surface area (Å²) in [5, 5.41) is 36.5. The molecule has 0 aliphatic carbocycles. The zero-order valence-corrected chi connectivity index (χ0v) is 7.15. The number of hydrogen-bond donors (Lipinski definition) is 4. The Bertz CT molecular complexity index is 238. The van der Waals surface area contributed by atoms with Gasteiger partial charge in [0.25, 0.3) is 0 Å². The van der Waals surface area contributed by atoms with Crippen LogP contribution in [0.5, 0.6) is 0 Å². The van der Waals surface area contributed by atoms with Gasteiger partial charge in [0.2, 0.25) is 6.08 Å². The maximum atomic E-state index is 9.91. The first kappa shape index (κ1) is 11.3. The molecule has 0 aromatic carbocycles. The summed E-state index contributed by atoms with van der Waals surface area (Å²) in [4.78, 5) is 13.0. The summed E-state index contributed by atoms with van der Waals surface area (Å²) in [6.07, 6.45) is -5.64. The third-order valence-corrected chi connectivity index (χ3v) is 2.05. The summed E-state index contributed by atoms with van der Waals surface area (Å²) in [6.45, 7) is -0.546. The molecule has 0 amide bonds. The van der Waals surface area contributed by atoms with E-state index in [2.05, 4.69) is 4.99 Å². The van der Waals surface area contributed by atoms with Gasteiger partial charge in [-0.3, -0.25) is 0 Å². The lowest BCUT2D eigenvalue weighted by Crippen LogP contribution is -2.57. The molecule has 0 radical (unpaired) electrons. The van der Waals surface area contributed by atoms with Crippen LogP contribution in [0.2, 0.25) is 0 Å². The van der Waals surface area contributed by atoms with Crippen molar-refractivity contribution in [3.63, 3.8) is 0 Å². The summed E-state index contributed by atoms with van der Waals surface area (Å²) in [7, 11) is 0. The van der Waals surface area contributed by atoms with E-state index in [1.54, 1.807) is 0 Å². The Balaban J connectivity index is 2.77. The second kappa shape index (κ2) is 4.61. The average Bonchev–Trinajstić information content (AvgIpc) is 2.19. The smallest absolute Gasteiger partial charge is 0.237 e. The summed E-state index contributed by atoms with van der Waals surface area (Å²) < 4.78 is 4.83. The van der Waals surface area contributed by atoms with Gasteiger partial charge in [-0.15, -0.1) is 0 Å². The molecule has 0 aromatic heterocycles. The third kappa shape index (κ3) is 1.98. The van der Waals surface area contributed by atoms with Crippen LogP contribution in [0, 0.1) is 0 Å². The molecule has 1 rings (SSSR count). The lowest BCUT2D eigenvalue weighted by Gasteiger charge is -2.37. The number of rotatable bonds is 2. The number of aliphatic imine (C=N–C) groups is 1. The van der Waals surface area contributed by atoms with Gasteiger partial charge in [0.15, 0.2) is 6.23 Å². The van der Waals surface area contributed by atoms with Gasteiger partial charge in [0, 0.05) is 0 Å². The molecule has 0 aromatic rings. The average molecular weight is 205 g/mol. The molecule has 7 heteroatoms. The van der Waals surface area contributed by atoms with E-state index in [4.69, 9.17) is 9.84 Å². The van der Waals surface area contributed by atoms with E-state index in [1.165, 1.54) is 0 Å². The van der Waals surface area contributed by atoms with Crippen LogP contribution in [0.25, 0.3) is 0 Å². The fraction of sp³-hybridized carbons (Fsp3) is 0.857. The lowest BCUT2D eigenvalue weighted by molar-refractivity contribution is -0.226. The summed E-state index contributed by atoms with van der Waals surface area (Å²) >= 11 is 0. The second-order valence-corrected chi connectivity index (χ2v) is 2.94. The van der Waals surface area contributed by atoms with Crippen molar-refractivity contribution in [3.8, 4) is 0 Å². The Morgan fingerprint density at radius 2 is 1.86 bits per heavy atom. The molecule has 0 unspecified atom stereocenters. The SMILES string of the molecule is O=C=N[C@@H]1O[C@H](CO)[C@@H](O)[C@H](O)[C@H]1O. The zero-order valence-electron chi connectivity index (χ0n) is 7.15. The van der Waals surface area contributed by atoms with E-state index >= 15 is 0 Å². The Kier molecular flexibility index (Phi) is 3.70. The van der Waals surface area contributed by atoms with Crippen molar-refractivity contribution < 1.29 is 30.0 Å². The first-order valence-corrected chi connectivity index (χ1v) is 3.99. The van der Waals surface area contributed by atoms with Gasteiger partial charge in [0.05, 0.1) is 6.61 Å². The molecule has 1 aliphatic rings. The van der Waals surface area contributed by atoms with E-state index in [-0.39, 0.29) is 0 Å². The number of nitrogens with zero attached hydrogens (tertiary/aromatic N) is 1. The van der Waals surface area contributed by atoms with Gasteiger partial charge in [-0.25, -0.2) is 4.79 Å². The number of hydrogen-bond acceptors (Lipinski definition) is 7. The summed E-state index contributed by atoms with van der Waals surface area (Å²) in [5.74, 6) is 0. The Labute approximate surface area is 79.3 Å². The molecular weight excluding hydrogens is 194 g/mol. The fourth-order valence-corrected chi connectivity index (χ4v) is 1.24. The molecule has 4 N–H and O–H groups in total. The van der Waals surface area contributed by atoms with Crippen molar-refractivity contribution in [3.05, 3.63) is 0 Å². The van der Waals surface area contributed by atoms with Crippen LogP contribution in [0.15, 0.2) is 4.99 Å².